The van der Waals surface area contributed by atoms with Gasteiger partial charge >= 0.3 is 0 Å². The third-order valence-electron chi connectivity index (χ3n) is 6.69. The molecule has 0 bridgehead atoms. The second-order valence-corrected chi connectivity index (χ2v) is 8.53. The average Bonchev–Trinajstić information content (AvgIpc) is 3.18. The molecule has 1 saturated heterocycles. The lowest BCUT2D eigenvalue weighted by Gasteiger charge is -2.34. The maximum Gasteiger partial charge on any atom is 0.258 e. The molecule has 2 amide bonds. The Morgan fingerprint density at radius 3 is 2.58 bits per heavy atom. The quantitative estimate of drug-likeness (QED) is 0.770. The van der Waals surface area contributed by atoms with Gasteiger partial charge in [-0.3, -0.25) is 9.59 Å². The lowest BCUT2D eigenvalue weighted by molar-refractivity contribution is -0.125. The van der Waals surface area contributed by atoms with Crippen LogP contribution in [0.3, 0.4) is 0 Å². The van der Waals surface area contributed by atoms with Crippen LogP contribution < -0.4 is 10.1 Å². The van der Waals surface area contributed by atoms with Crippen molar-refractivity contribution in [1.29, 1.82) is 0 Å². The van der Waals surface area contributed by atoms with Crippen LogP contribution in [0.15, 0.2) is 48.5 Å². The molecule has 31 heavy (non-hydrogen) atoms. The van der Waals surface area contributed by atoms with Crippen molar-refractivity contribution in [3.63, 3.8) is 0 Å². The largest absolute Gasteiger partial charge is 0.496 e. The van der Waals surface area contributed by atoms with Gasteiger partial charge in [0.2, 0.25) is 5.91 Å². The number of carbonyl (C=O) groups excluding carboxylic acids is 2. The molecule has 0 spiro atoms. The van der Waals surface area contributed by atoms with E-state index in [4.69, 9.17) is 4.74 Å². The van der Waals surface area contributed by atoms with E-state index in [1.54, 1.807) is 55.3 Å². The van der Waals surface area contributed by atoms with Crippen molar-refractivity contribution in [1.82, 2.24) is 10.2 Å². The minimum atomic E-state index is -0.570. The highest BCUT2D eigenvalue weighted by molar-refractivity contribution is 6.00. The highest BCUT2D eigenvalue weighted by atomic mass is 19.1. The average molecular weight is 425 g/mol. The second kappa shape index (κ2) is 9.08. The molecule has 2 aliphatic rings. The number of likely N-dealkylation sites (tertiary alicyclic amines) is 1. The topological polar surface area (TPSA) is 58.6 Å². The standard InChI is InChI=1S/C25H29FN2O3/c1-16(18-10-4-6-12-20(18)26)27-24(29)22-15-17-9-3-7-13-21(17)28(22)25(30)19-11-5-8-14-23(19)31-2/h4-6,8,10-12,14,16-17,21-22H,3,7,9,13,15H2,1-2H3,(H,27,29)/t16-,17-,21-,22+/m1/s1. The van der Waals surface area contributed by atoms with E-state index in [2.05, 4.69) is 5.32 Å². The molecule has 1 N–H and O–H groups in total. The van der Waals surface area contributed by atoms with Gasteiger partial charge in [-0.2, -0.15) is 0 Å². The van der Waals surface area contributed by atoms with Crippen LogP contribution in [-0.2, 0) is 4.79 Å². The van der Waals surface area contributed by atoms with Gasteiger partial charge in [-0.15, -0.1) is 0 Å². The van der Waals surface area contributed by atoms with E-state index in [0.717, 1.165) is 25.7 Å². The number of benzene rings is 2. The van der Waals surface area contributed by atoms with Crippen molar-refractivity contribution in [3.8, 4) is 5.75 Å². The highest BCUT2D eigenvalue weighted by Gasteiger charge is 2.48. The molecular weight excluding hydrogens is 395 g/mol. The molecular formula is C25H29FN2O3. The fourth-order valence-electron chi connectivity index (χ4n) is 5.16. The third kappa shape index (κ3) is 4.16. The van der Waals surface area contributed by atoms with Crippen molar-refractivity contribution in [3.05, 3.63) is 65.5 Å². The lowest BCUT2D eigenvalue weighted by atomic mass is 9.84. The Morgan fingerprint density at radius 1 is 1.10 bits per heavy atom. The summed E-state index contributed by atoms with van der Waals surface area (Å²) in [4.78, 5) is 28.7. The van der Waals surface area contributed by atoms with Gasteiger partial charge in [0, 0.05) is 11.6 Å². The normalized spacial score (nSPS) is 23.7. The number of fused-ring (bicyclic) bond motifs is 1. The fraction of sp³-hybridized carbons (Fsp3) is 0.440. The zero-order valence-corrected chi connectivity index (χ0v) is 18.0. The van der Waals surface area contributed by atoms with Crippen LogP contribution in [0.5, 0.6) is 5.75 Å². The summed E-state index contributed by atoms with van der Waals surface area (Å²) in [5.74, 6) is 0.0638. The summed E-state index contributed by atoms with van der Waals surface area (Å²) >= 11 is 0. The Kier molecular flexibility index (Phi) is 6.25. The van der Waals surface area contributed by atoms with Gasteiger partial charge in [-0.1, -0.05) is 43.2 Å². The Bertz CT molecular complexity index is 963. The van der Waals surface area contributed by atoms with Crippen molar-refractivity contribution >= 4 is 11.8 Å². The first-order valence-corrected chi connectivity index (χ1v) is 11.0. The number of carbonyl (C=O) groups is 2. The number of amides is 2. The number of hydrogen-bond acceptors (Lipinski definition) is 3. The van der Waals surface area contributed by atoms with Gasteiger partial charge in [0.15, 0.2) is 0 Å². The number of nitrogens with one attached hydrogen (secondary N) is 1. The summed E-state index contributed by atoms with van der Waals surface area (Å²) < 4.78 is 19.6. The summed E-state index contributed by atoms with van der Waals surface area (Å²) in [7, 11) is 1.54. The van der Waals surface area contributed by atoms with Crippen LogP contribution >= 0.6 is 0 Å². The molecule has 2 aromatic rings. The van der Waals surface area contributed by atoms with Crippen LogP contribution in [0.1, 0.15) is 61.0 Å². The maximum atomic E-state index is 14.2. The Hall–Kier alpha value is -2.89. The van der Waals surface area contributed by atoms with E-state index in [9.17, 15) is 14.0 Å². The summed E-state index contributed by atoms with van der Waals surface area (Å²) in [5.41, 5.74) is 0.907. The van der Waals surface area contributed by atoms with Crippen LogP contribution in [0.25, 0.3) is 0 Å². The zero-order valence-electron chi connectivity index (χ0n) is 18.0. The number of para-hydroxylation sites is 1. The van der Waals surface area contributed by atoms with E-state index in [1.165, 1.54) is 6.07 Å². The monoisotopic (exact) mass is 424 g/mol. The summed E-state index contributed by atoms with van der Waals surface area (Å²) in [6.07, 6.45) is 4.74. The van der Waals surface area contributed by atoms with Gasteiger partial charge in [-0.05, 0) is 50.3 Å². The smallest absolute Gasteiger partial charge is 0.258 e. The molecule has 2 fully saturated rings. The second-order valence-electron chi connectivity index (χ2n) is 8.53. The number of methoxy groups -OCH3 is 1. The van der Waals surface area contributed by atoms with Crippen LogP contribution in [0.2, 0.25) is 0 Å². The van der Waals surface area contributed by atoms with E-state index in [0.29, 0.717) is 29.2 Å². The molecule has 4 atom stereocenters. The van der Waals surface area contributed by atoms with Crippen molar-refractivity contribution in [2.75, 3.05) is 7.11 Å². The molecule has 0 unspecified atom stereocenters. The lowest BCUT2D eigenvalue weighted by Crippen LogP contribution is -2.50. The van der Waals surface area contributed by atoms with Crippen LogP contribution in [0, 0.1) is 11.7 Å². The number of nitrogens with zero attached hydrogens (tertiary/aromatic N) is 1. The number of halogens is 1. The molecule has 1 aliphatic heterocycles. The fourth-order valence-corrected chi connectivity index (χ4v) is 5.16. The zero-order chi connectivity index (χ0) is 22.0. The minimum Gasteiger partial charge on any atom is -0.496 e. The predicted molar refractivity (Wildman–Crippen MR) is 116 cm³/mol. The molecule has 1 saturated carbocycles. The summed E-state index contributed by atoms with van der Waals surface area (Å²) in [6, 6.07) is 12.6. The van der Waals surface area contributed by atoms with Crippen molar-refractivity contribution in [2.45, 2.75) is 57.2 Å². The number of hydrogen-bond donors (Lipinski definition) is 1. The van der Waals surface area contributed by atoms with Gasteiger partial charge in [-0.25, -0.2) is 4.39 Å². The van der Waals surface area contributed by atoms with Crippen molar-refractivity contribution in [2.24, 2.45) is 5.92 Å². The van der Waals surface area contributed by atoms with Gasteiger partial charge in [0.1, 0.15) is 17.6 Å². The third-order valence-corrected chi connectivity index (χ3v) is 6.69. The highest BCUT2D eigenvalue weighted by Crippen LogP contribution is 2.41. The van der Waals surface area contributed by atoms with Crippen LogP contribution in [0.4, 0.5) is 4.39 Å². The van der Waals surface area contributed by atoms with Gasteiger partial charge < -0.3 is 15.0 Å². The molecule has 0 aromatic heterocycles. The molecule has 0 radical (unpaired) electrons. The van der Waals surface area contributed by atoms with Crippen molar-refractivity contribution < 1.29 is 18.7 Å². The Labute approximate surface area is 182 Å². The molecule has 1 heterocycles. The minimum absolute atomic E-state index is 0.0469. The van der Waals surface area contributed by atoms with Gasteiger partial charge in [0.05, 0.1) is 18.7 Å². The predicted octanol–water partition coefficient (Wildman–Crippen LogP) is 4.49. The molecule has 2 aromatic carbocycles. The first-order chi connectivity index (χ1) is 15.0. The molecule has 6 heteroatoms. The molecule has 5 nitrogen and oxygen atoms in total. The summed E-state index contributed by atoms with van der Waals surface area (Å²) in [6.45, 7) is 1.77. The van der Waals surface area contributed by atoms with E-state index in [-0.39, 0.29) is 23.7 Å². The van der Waals surface area contributed by atoms with E-state index in [1.807, 2.05) is 6.07 Å². The summed E-state index contributed by atoms with van der Waals surface area (Å²) in [5, 5.41) is 2.95. The van der Waals surface area contributed by atoms with E-state index < -0.39 is 12.1 Å². The molecule has 164 valence electrons. The number of ether oxygens (including phenoxy) is 1. The maximum absolute atomic E-state index is 14.2. The molecule has 1 aliphatic carbocycles. The molecule has 4 rings (SSSR count). The van der Waals surface area contributed by atoms with Gasteiger partial charge in [0.25, 0.3) is 5.91 Å². The first-order valence-electron chi connectivity index (χ1n) is 11.0. The first kappa shape index (κ1) is 21.3. The van der Waals surface area contributed by atoms with Crippen LogP contribution in [-0.4, -0.2) is 35.9 Å². The number of rotatable bonds is 5. The Morgan fingerprint density at radius 2 is 1.81 bits per heavy atom. The SMILES string of the molecule is COc1ccccc1C(=O)N1[C@@H]2CCCC[C@@H]2C[C@H]1C(=O)N[C@H](C)c1ccccc1F. The van der Waals surface area contributed by atoms with E-state index >= 15 is 0 Å². The Balaban J connectivity index is 1.61.